The number of H-pyrrole nitrogens is 1. The highest BCUT2D eigenvalue weighted by Gasteiger charge is 2.32. The van der Waals surface area contributed by atoms with Gasteiger partial charge in [-0.25, -0.2) is 4.98 Å². The predicted molar refractivity (Wildman–Crippen MR) is 70.6 cm³/mol. The number of aromatic nitrogens is 3. The quantitative estimate of drug-likeness (QED) is 0.749. The molecule has 0 aliphatic rings. The second kappa shape index (κ2) is 4.69. The van der Waals surface area contributed by atoms with Crippen LogP contribution in [0.3, 0.4) is 0 Å². The summed E-state index contributed by atoms with van der Waals surface area (Å²) in [7, 11) is 0. The maximum Gasteiger partial charge on any atom is 0.434 e. The van der Waals surface area contributed by atoms with Crippen molar-refractivity contribution in [1.29, 1.82) is 0 Å². The van der Waals surface area contributed by atoms with E-state index in [1.807, 2.05) is 0 Å². The number of pyridine rings is 1. The lowest BCUT2D eigenvalue weighted by molar-refractivity contribution is -0.141. The third-order valence-electron chi connectivity index (χ3n) is 3.01. The summed E-state index contributed by atoms with van der Waals surface area (Å²) < 4.78 is 37.3. The highest BCUT2D eigenvalue weighted by atomic mass is 19.4. The van der Waals surface area contributed by atoms with Gasteiger partial charge in [0, 0.05) is 17.1 Å². The number of nitrogens with one attached hydrogen (secondary N) is 1. The molecule has 21 heavy (non-hydrogen) atoms. The lowest BCUT2D eigenvalue weighted by Gasteiger charge is -2.06. The Balaban J connectivity index is 2.06. The summed E-state index contributed by atoms with van der Waals surface area (Å²) >= 11 is 0. The van der Waals surface area contributed by atoms with Crippen LogP contribution in [-0.2, 0) is 6.18 Å². The standard InChI is InChI=1S/C14H8F3N3O/c15-14(16,17)12-7-19-11(6-20-12)9-1-2-10-8(5-9)3-4-18-13(10)21/h1-7H,(H,18,21). The van der Waals surface area contributed by atoms with Crippen LogP contribution in [0.1, 0.15) is 5.69 Å². The van der Waals surface area contributed by atoms with Crippen LogP contribution in [0, 0.1) is 0 Å². The Morgan fingerprint density at radius 2 is 1.86 bits per heavy atom. The van der Waals surface area contributed by atoms with Gasteiger partial charge in [0.25, 0.3) is 5.56 Å². The van der Waals surface area contributed by atoms with Gasteiger partial charge in [-0.2, -0.15) is 13.2 Å². The van der Waals surface area contributed by atoms with Crippen molar-refractivity contribution < 1.29 is 13.2 Å². The van der Waals surface area contributed by atoms with Crippen molar-refractivity contribution in [2.24, 2.45) is 0 Å². The highest BCUT2D eigenvalue weighted by Crippen LogP contribution is 2.28. The van der Waals surface area contributed by atoms with Crippen molar-refractivity contribution in [2.75, 3.05) is 0 Å². The Kier molecular flexibility index (Phi) is 2.97. The highest BCUT2D eigenvalue weighted by molar-refractivity contribution is 5.85. The Hall–Kier alpha value is -2.70. The molecule has 3 rings (SSSR count). The minimum atomic E-state index is -4.51. The molecular formula is C14H8F3N3O. The molecule has 0 bridgehead atoms. The number of rotatable bonds is 1. The third kappa shape index (κ3) is 2.49. The lowest BCUT2D eigenvalue weighted by Crippen LogP contribution is -2.08. The summed E-state index contributed by atoms with van der Waals surface area (Å²) in [6.07, 6.45) is -1.25. The van der Waals surface area contributed by atoms with Crippen LogP contribution >= 0.6 is 0 Å². The number of nitrogens with zero attached hydrogens (tertiary/aromatic N) is 2. The Morgan fingerprint density at radius 1 is 1.05 bits per heavy atom. The maximum absolute atomic E-state index is 12.4. The van der Waals surface area contributed by atoms with E-state index in [1.54, 1.807) is 24.3 Å². The van der Waals surface area contributed by atoms with E-state index in [-0.39, 0.29) is 5.56 Å². The Morgan fingerprint density at radius 3 is 2.52 bits per heavy atom. The first-order valence-corrected chi connectivity index (χ1v) is 5.96. The molecule has 0 fully saturated rings. The van der Waals surface area contributed by atoms with E-state index in [4.69, 9.17) is 0 Å². The largest absolute Gasteiger partial charge is 0.434 e. The van der Waals surface area contributed by atoms with Crippen molar-refractivity contribution in [2.45, 2.75) is 6.18 Å². The van der Waals surface area contributed by atoms with Gasteiger partial charge < -0.3 is 4.98 Å². The van der Waals surface area contributed by atoms with Crippen LogP contribution in [0.2, 0.25) is 0 Å². The summed E-state index contributed by atoms with van der Waals surface area (Å²) in [5, 5.41) is 1.18. The zero-order valence-electron chi connectivity index (χ0n) is 10.5. The summed E-state index contributed by atoms with van der Waals surface area (Å²) in [5.41, 5.74) is -0.361. The zero-order chi connectivity index (χ0) is 15.0. The predicted octanol–water partition coefficient (Wildman–Crippen LogP) is 3.00. The van der Waals surface area contributed by atoms with Gasteiger partial charge in [0.1, 0.15) is 0 Å². The number of hydrogen-bond donors (Lipinski definition) is 1. The second-order valence-corrected chi connectivity index (χ2v) is 4.39. The number of aromatic amines is 1. The number of alkyl halides is 3. The molecule has 7 heteroatoms. The molecule has 0 saturated heterocycles. The van der Waals surface area contributed by atoms with Crippen LogP contribution in [0.25, 0.3) is 22.0 Å². The van der Waals surface area contributed by atoms with E-state index in [1.165, 1.54) is 6.20 Å². The molecule has 1 aromatic carbocycles. The van der Waals surface area contributed by atoms with Crippen LogP contribution in [0.5, 0.6) is 0 Å². The molecule has 0 spiro atoms. The van der Waals surface area contributed by atoms with Crippen molar-refractivity contribution in [3.05, 3.63) is 58.9 Å². The molecule has 0 aliphatic heterocycles. The first-order valence-electron chi connectivity index (χ1n) is 5.96. The fourth-order valence-corrected chi connectivity index (χ4v) is 1.98. The first kappa shape index (κ1) is 13.3. The smallest absolute Gasteiger partial charge is 0.329 e. The van der Waals surface area contributed by atoms with E-state index < -0.39 is 11.9 Å². The Labute approximate surface area is 116 Å². The molecular weight excluding hydrogens is 283 g/mol. The SMILES string of the molecule is O=c1[nH]ccc2cc(-c3cnc(C(F)(F)F)cn3)ccc12. The minimum Gasteiger partial charge on any atom is -0.329 e. The molecule has 1 N–H and O–H groups in total. The van der Waals surface area contributed by atoms with Crippen molar-refractivity contribution in [1.82, 2.24) is 15.0 Å². The van der Waals surface area contributed by atoms with Gasteiger partial charge >= 0.3 is 6.18 Å². The van der Waals surface area contributed by atoms with E-state index in [0.717, 1.165) is 6.20 Å². The molecule has 2 heterocycles. The summed E-state index contributed by atoms with van der Waals surface area (Å²) in [5.74, 6) is 0. The van der Waals surface area contributed by atoms with E-state index in [2.05, 4.69) is 15.0 Å². The third-order valence-corrected chi connectivity index (χ3v) is 3.01. The van der Waals surface area contributed by atoms with Crippen LogP contribution in [-0.4, -0.2) is 15.0 Å². The molecule has 0 saturated carbocycles. The normalized spacial score (nSPS) is 11.8. The number of benzene rings is 1. The van der Waals surface area contributed by atoms with Crippen molar-refractivity contribution >= 4 is 10.8 Å². The second-order valence-electron chi connectivity index (χ2n) is 4.39. The van der Waals surface area contributed by atoms with Gasteiger partial charge in [-0.05, 0) is 23.6 Å². The monoisotopic (exact) mass is 291 g/mol. The van der Waals surface area contributed by atoms with E-state index in [0.29, 0.717) is 28.2 Å². The summed E-state index contributed by atoms with van der Waals surface area (Å²) in [4.78, 5) is 21.3. The van der Waals surface area contributed by atoms with Crippen molar-refractivity contribution in [3.63, 3.8) is 0 Å². The van der Waals surface area contributed by atoms with Gasteiger partial charge in [-0.1, -0.05) is 6.07 Å². The average molecular weight is 291 g/mol. The summed E-state index contributed by atoms with van der Waals surface area (Å²) in [6.45, 7) is 0. The molecule has 0 aliphatic carbocycles. The Bertz CT molecular complexity index is 854. The van der Waals surface area contributed by atoms with E-state index >= 15 is 0 Å². The van der Waals surface area contributed by atoms with Gasteiger partial charge in [-0.3, -0.25) is 9.78 Å². The molecule has 2 aromatic heterocycles. The van der Waals surface area contributed by atoms with Crippen LogP contribution in [0.4, 0.5) is 13.2 Å². The fourth-order valence-electron chi connectivity index (χ4n) is 1.98. The molecule has 106 valence electrons. The molecule has 0 radical (unpaired) electrons. The molecule has 0 amide bonds. The minimum absolute atomic E-state index is 0.224. The number of fused-ring (bicyclic) bond motifs is 1. The van der Waals surface area contributed by atoms with Crippen LogP contribution in [0.15, 0.2) is 47.7 Å². The average Bonchev–Trinajstić information content (AvgIpc) is 2.46. The van der Waals surface area contributed by atoms with Gasteiger partial charge in [0.2, 0.25) is 0 Å². The number of hydrogen-bond acceptors (Lipinski definition) is 3. The van der Waals surface area contributed by atoms with Gasteiger partial charge in [0.05, 0.1) is 18.1 Å². The van der Waals surface area contributed by atoms with Crippen molar-refractivity contribution in [3.8, 4) is 11.3 Å². The first-order chi connectivity index (χ1) is 9.95. The molecule has 0 unspecified atom stereocenters. The maximum atomic E-state index is 12.4. The molecule has 4 nitrogen and oxygen atoms in total. The zero-order valence-corrected chi connectivity index (χ0v) is 10.5. The van der Waals surface area contributed by atoms with Gasteiger partial charge in [0.15, 0.2) is 5.69 Å². The van der Waals surface area contributed by atoms with Crippen LogP contribution < -0.4 is 5.56 Å². The fraction of sp³-hybridized carbons (Fsp3) is 0.0714. The molecule has 0 atom stereocenters. The summed E-state index contributed by atoms with van der Waals surface area (Å²) in [6, 6.07) is 6.61. The topological polar surface area (TPSA) is 58.6 Å². The lowest BCUT2D eigenvalue weighted by atomic mass is 10.1. The number of halogens is 3. The molecule has 3 aromatic rings. The van der Waals surface area contributed by atoms with E-state index in [9.17, 15) is 18.0 Å². The van der Waals surface area contributed by atoms with Gasteiger partial charge in [-0.15, -0.1) is 0 Å².